The van der Waals surface area contributed by atoms with Crippen molar-refractivity contribution < 1.29 is 4.79 Å². The molecule has 35 heavy (non-hydrogen) atoms. The van der Waals surface area contributed by atoms with Gasteiger partial charge in [0, 0.05) is 47.9 Å². The van der Waals surface area contributed by atoms with E-state index in [1.54, 1.807) is 19.2 Å². The van der Waals surface area contributed by atoms with Crippen LogP contribution < -0.4 is 15.5 Å². The van der Waals surface area contributed by atoms with Gasteiger partial charge in [-0.2, -0.15) is 15.0 Å². The van der Waals surface area contributed by atoms with E-state index in [0.717, 1.165) is 22.3 Å². The number of halogens is 2. The molecule has 1 aliphatic rings. The summed E-state index contributed by atoms with van der Waals surface area (Å²) in [5, 5.41) is 7.03. The fourth-order valence-corrected chi connectivity index (χ4v) is 4.43. The lowest BCUT2D eigenvalue weighted by atomic mass is 10.1. The molecule has 0 aliphatic carbocycles. The van der Waals surface area contributed by atoms with Gasteiger partial charge in [0.25, 0.3) is 5.91 Å². The first kappa shape index (κ1) is 23.1. The zero-order valence-electron chi connectivity index (χ0n) is 18.9. The summed E-state index contributed by atoms with van der Waals surface area (Å²) in [6, 6.07) is 20.8. The number of benzene rings is 3. The Labute approximate surface area is 213 Å². The Morgan fingerprint density at radius 1 is 0.943 bits per heavy atom. The van der Waals surface area contributed by atoms with Gasteiger partial charge >= 0.3 is 0 Å². The Balaban J connectivity index is 1.32. The first-order chi connectivity index (χ1) is 17.0. The maximum Gasteiger partial charge on any atom is 0.251 e. The minimum atomic E-state index is -0.165. The number of fused-ring (bicyclic) bond motifs is 1. The van der Waals surface area contributed by atoms with Crippen molar-refractivity contribution in [2.75, 3.05) is 17.3 Å². The second-order valence-electron chi connectivity index (χ2n) is 8.16. The summed E-state index contributed by atoms with van der Waals surface area (Å²) in [5.74, 6) is 1.53. The Morgan fingerprint density at radius 3 is 2.51 bits per heavy atom. The highest BCUT2D eigenvalue weighted by Crippen LogP contribution is 2.29. The van der Waals surface area contributed by atoms with Crippen LogP contribution in [-0.2, 0) is 19.6 Å². The van der Waals surface area contributed by atoms with E-state index in [0.29, 0.717) is 53.0 Å². The zero-order valence-corrected chi connectivity index (χ0v) is 20.4. The van der Waals surface area contributed by atoms with Gasteiger partial charge in [0.15, 0.2) is 5.82 Å². The lowest BCUT2D eigenvalue weighted by Gasteiger charge is -2.16. The third-order valence-corrected chi connectivity index (χ3v) is 6.39. The Hall–Kier alpha value is -3.68. The molecule has 0 saturated heterocycles. The average molecular weight is 505 g/mol. The summed E-state index contributed by atoms with van der Waals surface area (Å²) in [4.78, 5) is 28.7. The van der Waals surface area contributed by atoms with E-state index in [2.05, 4.69) is 25.5 Å². The van der Waals surface area contributed by atoms with Crippen LogP contribution in [0.25, 0.3) is 11.4 Å². The van der Waals surface area contributed by atoms with E-state index in [9.17, 15) is 4.79 Å². The molecule has 2 heterocycles. The van der Waals surface area contributed by atoms with Gasteiger partial charge in [0.1, 0.15) is 0 Å². The van der Waals surface area contributed by atoms with E-state index in [1.807, 2.05) is 54.6 Å². The van der Waals surface area contributed by atoms with Crippen LogP contribution in [0.5, 0.6) is 0 Å². The molecule has 176 valence electrons. The summed E-state index contributed by atoms with van der Waals surface area (Å²) in [7, 11) is 1.79. The second-order valence-corrected chi connectivity index (χ2v) is 9.00. The molecular weight excluding hydrogens is 483 g/mol. The molecule has 0 spiro atoms. The number of hydrogen-bond donors (Lipinski definition) is 2. The predicted octanol–water partition coefficient (Wildman–Crippen LogP) is 5.34. The lowest BCUT2D eigenvalue weighted by Crippen LogP contribution is -2.23. The van der Waals surface area contributed by atoms with Crippen molar-refractivity contribution in [2.45, 2.75) is 19.6 Å². The van der Waals surface area contributed by atoms with Crippen LogP contribution in [0.1, 0.15) is 27.0 Å². The average Bonchev–Trinajstić information content (AvgIpc) is 3.32. The maximum atomic E-state index is 12.8. The van der Waals surface area contributed by atoms with E-state index in [1.165, 1.54) is 0 Å². The molecule has 1 amide bonds. The molecule has 1 aromatic heterocycles. The van der Waals surface area contributed by atoms with Crippen molar-refractivity contribution in [3.63, 3.8) is 0 Å². The van der Waals surface area contributed by atoms with Crippen molar-refractivity contribution in [2.24, 2.45) is 0 Å². The number of nitrogens with zero attached hydrogens (tertiary/aromatic N) is 4. The molecule has 5 rings (SSSR count). The van der Waals surface area contributed by atoms with Gasteiger partial charge in [-0.3, -0.25) is 4.79 Å². The number of nitrogens with one attached hydrogen (secondary N) is 2. The number of carbonyl (C=O) groups excluding carboxylic acids is 1. The molecule has 3 aromatic carbocycles. The molecule has 7 nitrogen and oxygen atoms in total. The van der Waals surface area contributed by atoms with Crippen molar-refractivity contribution in [1.29, 1.82) is 0 Å². The van der Waals surface area contributed by atoms with E-state index in [-0.39, 0.29) is 5.91 Å². The minimum Gasteiger partial charge on any atom is -0.357 e. The highest BCUT2D eigenvalue weighted by Gasteiger charge is 2.24. The summed E-state index contributed by atoms with van der Waals surface area (Å²) >= 11 is 12.2. The molecule has 0 radical (unpaired) electrons. The first-order valence-electron chi connectivity index (χ1n) is 11.1. The first-order valence-corrected chi connectivity index (χ1v) is 11.8. The van der Waals surface area contributed by atoms with Crippen LogP contribution in [0, 0.1) is 0 Å². The standard InChI is InChI=1S/C26H22Cl2N6O/c1-29-25-31-23(16-5-3-2-4-6-16)32-26(33-25)34-14-19-8-7-17(11-20(19)15-34)24(35)30-13-18-9-10-21(27)12-22(18)28/h2-12H,13-15H2,1H3,(H,30,35)(H,29,31,32,33). The molecule has 1 aliphatic heterocycles. The predicted molar refractivity (Wildman–Crippen MR) is 139 cm³/mol. The maximum absolute atomic E-state index is 12.8. The fraction of sp³-hybridized carbons (Fsp3) is 0.154. The summed E-state index contributed by atoms with van der Waals surface area (Å²) in [6.45, 7) is 1.57. The van der Waals surface area contributed by atoms with Crippen molar-refractivity contribution >= 4 is 41.0 Å². The van der Waals surface area contributed by atoms with Crippen LogP contribution >= 0.6 is 23.2 Å². The van der Waals surface area contributed by atoms with E-state index in [4.69, 9.17) is 28.2 Å². The van der Waals surface area contributed by atoms with Crippen LogP contribution in [-0.4, -0.2) is 27.9 Å². The van der Waals surface area contributed by atoms with Gasteiger partial charge in [-0.05, 0) is 41.0 Å². The second kappa shape index (κ2) is 9.90. The monoisotopic (exact) mass is 504 g/mol. The molecular formula is C26H22Cl2N6O. The Bertz CT molecular complexity index is 1400. The third kappa shape index (κ3) is 5.06. The normalized spacial score (nSPS) is 12.4. The van der Waals surface area contributed by atoms with Crippen molar-refractivity contribution in [1.82, 2.24) is 20.3 Å². The van der Waals surface area contributed by atoms with Crippen LogP contribution in [0.15, 0.2) is 66.7 Å². The van der Waals surface area contributed by atoms with Crippen LogP contribution in [0.4, 0.5) is 11.9 Å². The molecule has 0 atom stereocenters. The van der Waals surface area contributed by atoms with Gasteiger partial charge in [0.05, 0.1) is 0 Å². The van der Waals surface area contributed by atoms with Crippen molar-refractivity contribution in [3.8, 4) is 11.4 Å². The molecule has 4 aromatic rings. The number of rotatable bonds is 6. The number of carbonyl (C=O) groups is 1. The molecule has 9 heteroatoms. The van der Waals surface area contributed by atoms with Crippen LogP contribution in [0.3, 0.4) is 0 Å². The quantitative estimate of drug-likeness (QED) is 0.368. The lowest BCUT2D eigenvalue weighted by molar-refractivity contribution is 0.0951. The van der Waals surface area contributed by atoms with E-state index < -0.39 is 0 Å². The minimum absolute atomic E-state index is 0.165. The molecule has 0 unspecified atom stereocenters. The molecule has 2 N–H and O–H groups in total. The smallest absolute Gasteiger partial charge is 0.251 e. The number of amides is 1. The summed E-state index contributed by atoms with van der Waals surface area (Å²) in [6.07, 6.45) is 0. The van der Waals surface area contributed by atoms with Gasteiger partial charge < -0.3 is 15.5 Å². The third-order valence-electron chi connectivity index (χ3n) is 5.81. The molecule has 0 saturated carbocycles. The number of hydrogen-bond acceptors (Lipinski definition) is 6. The molecule has 0 bridgehead atoms. The summed E-state index contributed by atoms with van der Waals surface area (Å²) < 4.78 is 0. The largest absolute Gasteiger partial charge is 0.357 e. The highest BCUT2D eigenvalue weighted by atomic mass is 35.5. The number of anilines is 2. The van der Waals surface area contributed by atoms with Crippen LogP contribution in [0.2, 0.25) is 10.0 Å². The number of aromatic nitrogens is 3. The van der Waals surface area contributed by atoms with Crippen molar-refractivity contribution in [3.05, 3.63) is 99.0 Å². The summed E-state index contributed by atoms with van der Waals surface area (Å²) in [5.41, 5.74) is 4.52. The molecule has 0 fully saturated rings. The Kier molecular flexibility index (Phi) is 6.53. The Morgan fingerprint density at radius 2 is 1.74 bits per heavy atom. The SMILES string of the molecule is CNc1nc(-c2ccccc2)nc(N2Cc3ccc(C(=O)NCc4ccc(Cl)cc4Cl)cc3C2)n1. The van der Waals surface area contributed by atoms with E-state index >= 15 is 0 Å². The van der Waals surface area contributed by atoms with Gasteiger partial charge in [0.2, 0.25) is 11.9 Å². The highest BCUT2D eigenvalue weighted by molar-refractivity contribution is 6.35. The van der Waals surface area contributed by atoms with Gasteiger partial charge in [-0.1, -0.05) is 65.7 Å². The fourth-order valence-electron chi connectivity index (χ4n) is 3.95. The van der Waals surface area contributed by atoms with Gasteiger partial charge in [-0.15, -0.1) is 0 Å². The topological polar surface area (TPSA) is 83.0 Å². The zero-order chi connectivity index (χ0) is 24.4. The van der Waals surface area contributed by atoms with Gasteiger partial charge in [-0.25, -0.2) is 0 Å².